The summed E-state index contributed by atoms with van der Waals surface area (Å²) in [5, 5.41) is 2.03. The van der Waals surface area contributed by atoms with E-state index in [0.717, 1.165) is 14.7 Å². The second-order valence-corrected chi connectivity index (χ2v) is 7.05. The maximum absolute atomic E-state index is 12.9. The smallest absolute Gasteiger partial charge is 0.255 e. The standard InChI is InChI=1S/C17H14INO2S/c18-16-6-2-1-5-15(16)17(20)19(10-13-7-8-21-12-13)11-14-4-3-9-22-14/h1-9,12H,10-11H2. The molecule has 0 bridgehead atoms. The minimum absolute atomic E-state index is 0.0413. The van der Waals surface area contributed by atoms with Crippen LogP contribution in [0, 0.1) is 3.57 Å². The molecule has 1 amide bonds. The van der Waals surface area contributed by atoms with Gasteiger partial charge in [-0.3, -0.25) is 4.79 Å². The number of hydrogen-bond acceptors (Lipinski definition) is 3. The fourth-order valence-electron chi connectivity index (χ4n) is 2.20. The number of rotatable bonds is 5. The lowest BCUT2D eigenvalue weighted by Crippen LogP contribution is -2.30. The summed E-state index contributed by atoms with van der Waals surface area (Å²) in [6.07, 6.45) is 3.32. The molecule has 0 radical (unpaired) electrons. The molecular formula is C17H14INO2S. The number of nitrogens with zero attached hydrogens (tertiary/aromatic N) is 1. The van der Waals surface area contributed by atoms with Gasteiger partial charge in [0.05, 0.1) is 24.6 Å². The summed E-state index contributed by atoms with van der Waals surface area (Å²) in [5.74, 6) is 0.0413. The number of halogens is 1. The Labute approximate surface area is 146 Å². The highest BCUT2D eigenvalue weighted by Crippen LogP contribution is 2.20. The molecule has 112 valence electrons. The van der Waals surface area contributed by atoms with E-state index in [1.165, 1.54) is 4.88 Å². The largest absolute Gasteiger partial charge is 0.472 e. The Morgan fingerprint density at radius 3 is 2.68 bits per heavy atom. The van der Waals surface area contributed by atoms with Crippen LogP contribution in [0.15, 0.2) is 64.8 Å². The van der Waals surface area contributed by atoms with Crippen LogP contribution in [0.25, 0.3) is 0 Å². The zero-order valence-electron chi connectivity index (χ0n) is 11.7. The number of hydrogen-bond donors (Lipinski definition) is 0. The third-order valence-electron chi connectivity index (χ3n) is 3.27. The van der Waals surface area contributed by atoms with E-state index in [9.17, 15) is 4.79 Å². The third kappa shape index (κ3) is 3.59. The Morgan fingerprint density at radius 1 is 1.14 bits per heavy atom. The van der Waals surface area contributed by atoms with Gasteiger partial charge in [-0.05, 0) is 52.2 Å². The van der Waals surface area contributed by atoms with E-state index in [4.69, 9.17) is 4.42 Å². The number of amides is 1. The predicted octanol–water partition coefficient (Wildman–Crippen LogP) is 4.79. The van der Waals surface area contributed by atoms with Crippen LogP contribution in [-0.4, -0.2) is 10.8 Å². The lowest BCUT2D eigenvalue weighted by molar-refractivity contribution is 0.0730. The van der Waals surface area contributed by atoms with Crippen LogP contribution < -0.4 is 0 Å². The average molecular weight is 423 g/mol. The first kappa shape index (κ1) is 15.3. The van der Waals surface area contributed by atoms with E-state index in [1.807, 2.05) is 46.7 Å². The van der Waals surface area contributed by atoms with Crippen molar-refractivity contribution in [1.82, 2.24) is 4.90 Å². The van der Waals surface area contributed by atoms with Crippen LogP contribution in [0.5, 0.6) is 0 Å². The zero-order valence-corrected chi connectivity index (χ0v) is 14.7. The van der Waals surface area contributed by atoms with Gasteiger partial charge in [0.15, 0.2) is 0 Å². The molecule has 0 unspecified atom stereocenters. The van der Waals surface area contributed by atoms with Crippen molar-refractivity contribution >= 4 is 39.8 Å². The van der Waals surface area contributed by atoms with E-state index in [0.29, 0.717) is 13.1 Å². The molecule has 0 atom stereocenters. The summed E-state index contributed by atoms with van der Waals surface area (Å²) < 4.78 is 6.09. The lowest BCUT2D eigenvalue weighted by atomic mass is 10.2. The molecule has 0 saturated carbocycles. The van der Waals surface area contributed by atoms with E-state index in [2.05, 4.69) is 28.7 Å². The van der Waals surface area contributed by atoms with Crippen LogP contribution in [0.2, 0.25) is 0 Å². The van der Waals surface area contributed by atoms with Crippen molar-refractivity contribution in [3.05, 3.63) is 79.9 Å². The van der Waals surface area contributed by atoms with Gasteiger partial charge in [-0.2, -0.15) is 0 Å². The highest BCUT2D eigenvalue weighted by Gasteiger charge is 2.19. The maximum Gasteiger partial charge on any atom is 0.255 e. The molecule has 2 heterocycles. The SMILES string of the molecule is O=C(c1ccccc1I)N(Cc1ccoc1)Cc1cccs1. The molecule has 0 fully saturated rings. The van der Waals surface area contributed by atoms with Gasteiger partial charge in [-0.15, -0.1) is 11.3 Å². The van der Waals surface area contributed by atoms with Crippen LogP contribution in [0.1, 0.15) is 20.8 Å². The normalized spacial score (nSPS) is 10.6. The van der Waals surface area contributed by atoms with Crippen molar-refractivity contribution in [1.29, 1.82) is 0 Å². The van der Waals surface area contributed by atoms with Crippen molar-refractivity contribution < 1.29 is 9.21 Å². The molecule has 0 saturated heterocycles. The summed E-state index contributed by atoms with van der Waals surface area (Å²) in [6.45, 7) is 1.14. The predicted molar refractivity (Wildman–Crippen MR) is 95.8 cm³/mol. The number of furan rings is 1. The monoisotopic (exact) mass is 423 g/mol. The first-order chi connectivity index (χ1) is 10.7. The summed E-state index contributed by atoms with van der Waals surface area (Å²) in [4.78, 5) is 15.9. The van der Waals surface area contributed by atoms with Crippen LogP contribution >= 0.6 is 33.9 Å². The minimum atomic E-state index is 0.0413. The quantitative estimate of drug-likeness (QED) is 0.553. The molecule has 3 rings (SSSR count). The van der Waals surface area contributed by atoms with E-state index < -0.39 is 0 Å². The first-order valence-corrected chi connectivity index (χ1v) is 8.77. The Hall–Kier alpha value is -1.60. The number of benzene rings is 1. The van der Waals surface area contributed by atoms with Gasteiger partial charge in [0.1, 0.15) is 0 Å². The molecule has 0 N–H and O–H groups in total. The van der Waals surface area contributed by atoms with E-state index in [1.54, 1.807) is 23.9 Å². The number of carbonyl (C=O) groups is 1. The van der Waals surface area contributed by atoms with Crippen molar-refractivity contribution in [3.63, 3.8) is 0 Å². The molecule has 2 aromatic heterocycles. The van der Waals surface area contributed by atoms with Gasteiger partial charge in [-0.1, -0.05) is 18.2 Å². The van der Waals surface area contributed by atoms with Gasteiger partial charge >= 0.3 is 0 Å². The van der Waals surface area contributed by atoms with Crippen molar-refractivity contribution in [2.45, 2.75) is 13.1 Å². The molecule has 22 heavy (non-hydrogen) atoms. The third-order valence-corrected chi connectivity index (χ3v) is 5.07. The van der Waals surface area contributed by atoms with Crippen molar-refractivity contribution in [2.75, 3.05) is 0 Å². The van der Waals surface area contributed by atoms with Gasteiger partial charge in [0, 0.05) is 20.6 Å². The molecule has 0 spiro atoms. The summed E-state index contributed by atoms with van der Waals surface area (Å²) in [5.41, 5.74) is 1.74. The Bertz CT molecular complexity index is 702. The summed E-state index contributed by atoms with van der Waals surface area (Å²) in [7, 11) is 0. The number of thiophene rings is 1. The fourth-order valence-corrected chi connectivity index (χ4v) is 3.54. The fraction of sp³-hybridized carbons (Fsp3) is 0.118. The minimum Gasteiger partial charge on any atom is -0.472 e. The second-order valence-electron chi connectivity index (χ2n) is 4.85. The highest BCUT2D eigenvalue weighted by atomic mass is 127. The lowest BCUT2D eigenvalue weighted by Gasteiger charge is -2.22. The summed E-state index contributed by atoms with van der Waals surface area (Å²) in [6, 6.07) is 13.6. The Kier molecular flexibility index (Phi) is 4.94. The number of carbonyl (C=O) groups excluding carboxylic acids is 1. The van der Waals surface area contributed by atoms with Gasteiger partial charge in [0.2, 0.25) is 0 Å². The van der Waals surface area contributed by atoms with Gasteiger partial charge in [-0.25, -0.2) is 0 Å². The van der Waals surface area contributed by atoms with Crippen molar-refractivity contribution in [2.24, 2.45) is 0 Å². The van der Waals surface area contributed by atoms with E-state index in [-0.39, 0.29) is 5.91 Å². The molecule has 3 nitrogen and oxygen atoms in total. The summed E-state index contributed by atoms with van der Waals surface area (Å²) >= 11 is 3.87. The molecule has 5 heteroatoms. The maximum atomic E-state index is 12.9. The van der Waals surface area contributed by atoms with Crippen LogP contribution in [-0.2, 0) is 13.1 Å². The van der Waals surface area contributed by atoms with Gasteiger partial charge in [0.25, 0.3) is 5.91 Å². The highest BCUT2D eigenvalue weighted by molar-refractivity contribution is 14.1. The average Bonchev–Trinajstić information content (AvgIpc) is 3.20. The topological polar surface area (TPSA) is 33.5 Å². The Morgan fingerprint density at radius 2 is 2.00 bits per heavy atom. The molecule has 0 aliphatic carbocycles. The molecule has 0 aliphatic rings. The van der Waals surface area contributed by atoms with Crippen LogP contribution in [0.3, 0.4) is 0 Å². The zero-order chi connectivity index (χ0) is 15.4. The van der Waals surface area contributed by atoms with E-state index >= 15 is 0 Å². The molecular weight excluding hydrogens is 409 g/mol. The second kappa shape index (κ2) is 7.11. The Balaban J connectivity index is 1.87. The molecule has 0 aliphatic heterocycles. The van der Waals surface area contributed by atoms with Crippen molar-refractivity contribution in [3.8, 4) is 0 Å². The molecule has 3 aromatic rings. The van der Waals surface area contributed by atoms with Crippen LogP contribution in [0.4, 0.5) is 0 Å². The first-order valence-electron chi connectivity index (χ1n) is 6.81. The molecule has 1 aromatic carbocycles. The van der Waals surface area contributed by atoms with Gasteiger partial charge < -0.3 is 9.32 Å².